The van der Waals surface area contributed by atoms with Crippen LogP contribution in [0.15, 0.2) is 36.9 Å². The lowest BCUT2D eigenvalue weighted by Gasteiger charge is -2.11. The molecule has 0 spiro atoms. The van der Waals surface area contributed by atoms with E-state index in [1.807, 2.05) is 6.92 Å². The third kappa shape index (κ3) is 3.50. The first-order valence-electron chi connectivity index (χ1n) is 6.31. The molecule has 0 saturated carbocycles. The van der Waals surface area contributed by atoms with Crippen LogP contribution in [0.4, 0.5) is 5.69 Å². The molecule has 6 heteroatoms. The molecule has 1 aromatic heterocycles. The van der Waals surface area contributed by atoms with Crippen molar-refractivity contribution in [3.05, 3.63) is 42.5 Å². The lowest BCUT2D eigenvalue weighted by molar-refractivity contribution is -0.116. The molecule has 1 amide bonds. The summed E-state index contributed by atoms with van der Waals surface area (Å²) < 4.78 is 1.63. The van der Waals surface area contributed by atoms with Crippen molar-refractivity contribution in [2.45, 2.75) is 26.3 Å². The summed E-state index contributed by atoms with van der Waals surface area (Å²) in [6.07, 6.45) is 3.30. The van der Waals surface area contributed by atoms with Crippen LogP contribution in [0, 0.1) is 0 Å². The molecule has 0 unspecified atom stereocenters. The van der Waals surface area contributed by atoms with Gasteiger partial charge < -0.3 is 5.32 Å². The second-order valence-electron chi connectivity index (χ2n) is 4.61. The fourth-order valence-corrected chi connectivity index (χ4v) is 1.83. The Morgan fingerprint density at radius 2 is 2.20 bits per heavy atom. The SMILES string of the molecule is CC(=O)c1cccc(NC(=O)C[C@@H](C)n2cncn2)c1. The molecule has 2 rings (SSSR count). The summed E-state index contributed by atoms with van der Waals surface area (Å²) in [5.41, 5.74) is 1.20. The molecule has 0 fully saturated rings. The van der Waals surface area contributed by atoms with E-state index in [1.165, 1.54) is 13.3 Å². The minimum atomic E-state index is -0.131. The van der Waals surface area contributed by atoms with Crippen LogP contribution in [0.1, 0.15) is 36.7 Å². The number of benzene rings is 1. The van der Waals surface area contributed by atoms with Crippen molar-refractivity contribution in [1.82, 2.24) is 14.8 Å². The van der Waals surface area contributed by atoms with Crippen LogP contribution in [0.2, 0.25) is 0 Å². The van der Waals surface area contributed by atoms with E-state index in [-0.39, 0.29) is 24.2 Å². The molecule has 0 aliphatic heterocycles. The number of rotatable bonds is 5. The van der Waals surface area contributed by atoms with Crippen LogP contribution in [0.25, 0.3) is 0 Å². The summed E-state index contributed by atoms with van der Waals surface area (Å²) in [5.74, 6) is -0.161. The van der Waals surface area contributed by atoms with Crippen molar-refractivity contribution in [2.75, 3.05) is 5.32 Å². The average molecular weight is 272 g/mol. The number of anilines is 1. The van der Waals surface area contributed by atoms with E-state index >= 15 is 0 Å². The van der Waals surface area contributed by atoms with Crippen LogP contribution in [-0.2, 0) is 4.79 Å². The third-order valence-electron chi connectivity index (χ3n) is 2.92. The van der Waals surface area contributed by atoms with Gasteiger partial charge in [0, 0.05) is 17.7 Å². The normalized spacial score (nSPS) is 11.9. The zero-order valence-corrected chi connectivity index (χ0v) is 11.4. The molecule has 0 bridgehead atoms. The molecule has 0 aliphatic rings. The van der Waals surface area contributed by atoms with E-state index in [4.69, 9.17) is 0 Å². The Kier molecular flexibility index (Phi) is 4.24. The Hall–Kier alpha value is -2.50. The molecule has 104 valence electrons. The summed E-state index contributed by atoms with van der Waals surface area (Å²) in [6.45, 7) is 3.38. The topological polar surface area (TPSA) is 76.9 Å². The molecule has 2 aromatic rings. The van der Waals surface area contributed by atoms with Gasteiger partial charge in [0.15, 0.2) is 5.78 Å². The van der Waals surface area contributed by atoms with Gasteiger partial charge in [-0.1, -0.05) is 12.1 Å². The Balaban J connectivity index is 1.98. The minimum absolute atomic E-state index is 0.0305. The Bertz CT molecular complexity index is 607. The van der Waals surface area contributed by atoms with Crippen LogP contribution in [0.3, 0.4) is 0 Å². The Morgan fingerprint density at radius 1 is 1.40 bits per heavy atom. The predicted molar refractivity (Wildman–Crippen MR) is 74.4 cm³/mol. The number of nitrogens with zero attached hydrogens (tertiary/aromatic N) is 3. The van der Waals surface area contributed by atoms with E-state index in [2.05, 4.69) is 15.4 Å². The summed E-state index contributed by atoms with van der Waals surface area (Å²) >= 11 is 0. The predicted octanol–water partition coefficient (Wildman–Crippen LogP) is 2.07. The molecular weight excluding hydrogens is 256 g/mol. The highest BCUT2D eigenvalue weighted by molar-refractivity contribution is 5.97. The first-order chi connectivity index (χ1) is 9.56. The van der Waals surface area contributed by atoms with Crippen LogP contribution in [-0.4, -0.2) is 26.5 Å². The quantitative estimate of drug-likeness (QED) is 0.845. The van der Waals surface area contributed by atoms with Gasteiger partial charge in [-0.05, 0) is 26.0 Å². The minimum Gasteiger partial charge on any atom is -0.326 e. The molecule has 1 aromatic carbocycles. The maximum Gasteiger partial charge on any atom is 0.226 e. The molecule has 1 atom stereocenters. The van der Waals surface area contributed by atoms with Gasteiger partial charge in [0.05, 0.1) is 6.04 Å². The number of aromatic nitrogens is 3. The highest BCUT2D eigenvalue weighted by Gasteiger charge is 2.12. The third-order valence-corrected chi connectivity index (χ3v) is 2.92. The zero-order valence-electron chi connectivity index (χ0n) is 11.4. The molecule has 0 radical (unpaired) electrons. The smallest absolute Gasteiger partial charge is 0.226 e. The van der Waals surface area contributed by atoms with E-state index in [1.54, 1.807) is 35.3 Å². The van der Waals surface area contributed by atoms with Gasteiger partial charge in [-0.2, -0.15) is 5.10 Å². The van der Waals surface area contributed by atoms with Gasteiger partial charge in [-0.25, -0.2) is 9.67 Å². The second kappa shape index (κ2) is 6.10. The fraction of sp³-hybridized carbons (Fsp3) is 0.286. The molecule has 6 nitrogen and oxygen atoms in total. The summed E-state index contributed by atoms with van der Waals surface area (Å²) in [5, 5.41) is 6.77. The Morgan fingerprint density at radius 3 is 2.85 bits per heavy atom. The first kappa shape index (κ1) is 13.9. The maximum absolute atomic E-state index is 11.9. The van der Waals surface area contributed by atoms with Gasteiger partial charge in [-0.15, -0.1) is 0 Å². The lowest BCUT2D eigenvalue weighted by Crippen LogP contribution is -2.18. The van der Waals surface area contributed by atoms with Crippen LogP contribution in [0.5, 0.6) is 0 Å². The number of nitrogens with one attached hydrogen (secondary N) is 1. The van der Waals surface area contributed by atoms with E-state index in [0.717, 1.165) is 0 Å². The monoisotopic (exact) mass is 272 g/mol. The summed E-state index contributed by atoms with van der Waals surface area (Å²) in [7, 11) is 0. The van der Waals surface area contributed by atoms with Gasteiger partial charge >= 0.3 is 0 Å². The molecule has 1 N–H and O–H groups in total. The fourth-order valence-electron chi connectivity index (χ4n) is 1.83. The number of carbonyl (C=O) groups excluding carboxylic acids is 2. The van der Waals surface area contributed by atoms with Gasteiger partial charge in [-0.3, -0.25) is 9.59 Å². The summed E-state index contributed by atoms with van der Waals surface area (Å²) in [4.78, 5) is 27.1. The van der Waals surface area contributed by atoms with Crippen molar-refractivity contribution in [2.24, 2.45) is 0 Å². The maximum atomic E-state index is 11.9. The van der Waals surface area contributed by atoms with Crippen molar-refractivity contribution in [3.63, 3.8) is 0 Å². The number of amides is 1. The highest BCUT2D eigenvalue weighted by Crippen LogP contribution is 2.14. The molecule has 0 aliphatic carbocycles. The van der Waals surface area contributed by atoms with E-state index in [0.29, 0.717) is 11.3 Å². The molecule has 20 heavy (non-hydrogen) atoms. The zero-order chi connectivity index (χ0) is 14.5. The van der Waals surface area contributed by atoms with Crippen molar-refractivity contribution in [3.8, 4) is 0 Å². The number of Topliss-reactive ketones (excluding diaryl/α,β-unsaturated/α-hetero) is 1. The van der Waals surface area contributed by atoms with Crippen LogP contribution >= 0.6 is 0 Å². The van der Waals surface area contributed by atoms with E-state index < -0.39 is 0 Å². The van der Waals surface area contributed by atoms with E-state index in [9.17, 15) is 9.59 Å². The largest absolute Gasteiger partial charge is 0.326 e. The second-order valence-corrected chi connectivity index (χ2v) is 4.61. The lowest BCUT2D eigenvalue weighted by atomic mass is 10.1. The number of carbonyl (C=O) groups is 2. The molecule has 0 saturated heterocycles. The summed E-state index contributed by atoms with van der Waals surface area (Å²) in [6, 6.07) is 6.81. The van der Waals surface area contributed by atoms with Crippen molar-refractivity contribution >= 4 is 17.4 Å². The first-order valence-corrected chi connectivity index (χ1v) is 6.31. The van der Waals surface area contributed by atoms with Gasteiger partial charge in [0.2, 0.25) is 5.91 Å². The highest BCUT2D eigenvalue weighted by atomic mass is 16.1. The molecular formula is C14H16N4O2. The standard InChI is InChI=1S/C14H16N4O2/c1-10(18-9-15-8-16-18)6-14(20)17-13-5-3-4-12(7-13)11(2)19/h3-5,7-10H,6H2,1-2H3,(H,17,20)/t10-/m1/s1. The number of hydrogen-bond acceptors (Lipinski definition) is 4. The van der Waals surface area contributed by atoms with Crippen molar-refractivity contribution in [1.29, 1.82) is 0 Å². The Labute approximate surface area is 116 Å². The van der Waals surface area contributed by atoms with Gasteiger partial charge in [0.25, 0.3) is 0 Å². The number of ketones is 1. The van der Waals surface area contributed by atoms with Gasteiger partial charge in [0.1, 0.15) is 12.7 Å². The van der Waals surface area contributed by atoms with Crippen molar-refractivity contribution < 1.29 is 9.59 Å². The van der Waals surface area contributed by atoms with Crippen LogP contribution < -0.4 is 5.32 Å². The number of hydrogen-bond donors (Lipinski definition) is 1. The average Bonchev–Trinajstić information content (AvgIpc) is 2.92. The molecule has 1 heterocycles.